The van der Waals surface area contributed by atoms with E-state index in [1.54, 1.807) is 0 Å². The van der Waals surface area contributed by atoms with E-state index in [0.29, 0.717) is 19.0 Å². The van der Waals surface area contributed by atoms with Crippen LogP contribution in [-0.4, -0.2) is 25.2 Å². The summed E-state index contributed by atoms with van der Waals surface area (Å²) in [6.07, 6.45) is 4.12. The molecule has 1 aliphatic heterocycles. The second-order valence-electron chi connectivity index (χ2n) is 4.66. The molecule has 1 aromatic carbocycles. The number of halogens is 2. The first kappa shape index (κ1) is 13.9. The lowest BCUT2D eigenvalue weighted by atomic mass is 10.1. The average molecular weight is 269 g/mol. The van der Waals surface area contributed by atoms with Gasteiger partial charge in [0, 0.05) is 19.2 Å². The summed E-state index contributed by atoms with van der Waals surface area (Å²) in [6.45, 7) is 1.20. The maximum atomic E-state index is 13.4. The minimum atomic E-state index is -0.841. The maximum absolute atomic E-state index is 13.4. The largest absolute Gasteiger partial charge is 0.378 e. The normalized spacial score (nSPS) is 19.2. The van der Waals surface area contributed by atoms with E-state index in [2.05, 4.69) is 5.32 Å². The molecule has 0 radical (unpaired) electrons. The molecule has 0 spiro atoms. The molecular weight excluding hydrogens is 252 g/mol. The first-order valence-electron chi connectivity index (χ1n) is 6.51. The van der Waals surface area contributed by atoms with E-state index < -0.39 is 17.5 Å². The molecule has 104 valence electrons. The van der Waals surface area contributed by atoms with E-state index in [1.807, 2.05) is 0 Å². The van der Waals surface area contributed by atoms with Crippen molar-refractivity contribution < 1.29 is 18.3 Å². The smallest absolute Gasteiger partial charge is 0.254 e. The van der Waals surface area contributed by atoms with Crippen molar-refractivity contribution in [3.8, 4) is 0 Å². The molecule has 0 unspecified atom stereocenters. The highest BCUT2D eigenvalue weighted by Crippen LogP contribution is 2.15. The van der Waals surface area contributed by atoms with Crippen LogP contribution in [0.15, 0.2) is 18.2 Å². The molecule has 0 saturated carbocycles. The van der Waals surface area contributed by atoms with Crippen molar-refractivity contribution in [3.63, 3.8) is 0 Å². The monoisotopic (exact) mass is 269 g/mol. The van der Waals surface area contributed by atoms with Crippen LogP contribution < -0.4 is 5.32 Å². The van der Waals surface area contributed by atoms with Gasteiger partial charge in [-0.1, -0.05) is 0 Å². The molecule has 1 atom stereocenters. The third kappa shape index (κ3) is 3.99. The van der Waals surface area contributed by atoms with E-state index in [0.717, 1.165) is 38.0 Å². The van der Waals surface area contributed by atoms with Crippen molar-refractivity contribution >= 4 is 5.91 Å². The Bertz CT molecular complexity index is 445. The van der Waals surface area contributed by atoms with Crippen molar-refractivity contribution in [2.45, 2.75) is 31.8 Å². The van der Waals surface area contributed by atoms with Crippen molar-refractivity contribution in [3.05, 3.63) is 35.4 Å². The number of amides is 1. The number of carbonyl (C=O) groups is 1. The molecular formula is C14H17F2NO2. The van der Waals surface area contributed by atoms with Gasteiger partial charge in [-0.25, -0.2) is 8.78 Å². The quantitative estimate of drug-likeness (QED) is 0.912. The van der Waals surface area contributed by atoms with E-state index in [-0.39, 0.29) is 11.7 Å². The third-order valence-electron chi connectivity index (χ3n) is 3.20. The van der Waals surface area contributed by atoms with Crippen LogP contribution in [0.1, 0.15) is 36.0 Å². The Morgan fingerprint density at radius 3 is 2.89 bits per heavy atom. The van der Waals surface area contributed by atoms with Crippen LogP contribution in [0.4, 0.5) is 8.78 Å². The molecule has 1 aliphatic rings. The summed E-state index contributed by atoms with van der Waals surface area (Å²) in [5, 5.41) is 2.63. The molecule has 19 heavy (non-hydrogen) atoms. The minimum absolute atomic E-state index is 0.133. The number of benzene rings is 1. The van der Waals surface area contributed by atoms with Gasteiger partial charge < -0.3 is 10.1 Å². The maximum Gasteiger partial charge on any atom is 0.254 e. The Hall–Kier alpha value is -1.49. The molecule has 1 heterocycles. The highest BCUT2D eigenvalue weighted by Gasteiger charge is 2.15. The molecule has 2 rings (SSSR count). The van der Waals surface area contributed by atoms with Crippen LogP contribution in [0.25, 0.3) is 0 Å². The van der Waals surface area contributed by atoms with Gasteiger partial charge in [0.15, 0.2) is 0 Å². The number of nitrogens with one attached hydrogen (secondary N) is 1. The number of hydrogen-bond donors (Lipinski definition) is 1. The summed E-state index contributed by atoms with van der Waals surface area (Å²) in [4.78, 5) is 11.7. The highest BCUT2D eigenvalue weighted by molar-refractivity contribution is 5.94. The van der Waals surface area contributed by atoms with Crippen LogP contribution in [0, 0.1) is 11.6 Å². The zero-order valence-corrected chi connectivity index (χ0v) is 10.6. The molecule has 1 saturated heterocycles. The summed E-state index contributed by atoms with van der Waals surface area (Å²) in [7, 11) is 0. The van der Waals surface area contributed by atoms with Crippen molar-refractivity contribution in [2.24, 2.45) is 0 Å². The summed E-state index contributed by atoms with van der Waals surface area (Å²) in [6, 6.07) is 2.93. The van der Waals surface area contributed by atoms with Gasteiger partial charge in [0.25, 0.3) is 5.91 Å². The molecule has 1 N–H and O–H groups in total. The standard InChI is InChI=1S/C14H17F2NO2/c15-10-4-5-12(13(16)9-10)14(18)17-7-6-11-3-1-2-8-19-11/h4-5,9,11H,1-3,6-8H2,(H,17,18)/t11-/m1/s1. The zero-order chi connectivity index (χ0) is 13.7. The SMILES string of the molecule is O=C(NCC[C@H]1CCCCO1)c1ccc(F)cc1F. The number of hydrogen-bond acceptors (Lipinski definition) is 2. The van der Waals surface area contributed by atoms with Gasteiger partial charge in [-0.2, -0.15) is 0 Å². The fourth-order valence-electron chi connectivity index (χ4n) is 2.15. The first-order chi connectivity index (χ1) is 9.16. The molecule has 1 amide bonds. The second kappa shape index (κ2) is 6.61. The number of ether oxygens (including phenoxy) is 1. The predicted octanol–water partition coefficient (Wildman–Crippen LogP) is 2.65. The summed E-state index contributed by atoms with van der Waals surface area (Å²) < 4.78 is 31.6. The lowest BCUT2D eigenvalue weighted by Gasteiger charge is -2.22. The Balaban J connectivity index is 1.80. The van der Waals surface area contributed by atoms with Crippen molar-refractivity contribution in [1.29, 1.82) is 0 Å². The Labute approximate surface area is 111 Å². The van der Waals surface area contributed by atoms with E-state index in [1.165, 1.54) is 0 Å². The highest BCUT2D eigenvalue weighted by atomic mass is 19.1. The number of rotatable bonds is 4. The molecule has 3 nitrogen and oxygen atoms in total. The van der Waals surface area contributed by atoms with E-state index >= 15 is 0 Å². The molecule has 1 aromatic rings. The zero-order valence-electron chi connectivity index (χ0n) is 10.6. The van der Waals surface area contributed by atoms with Crippen LogP contribution in [0.2, 0.25) is 0 Å². The Morgan fingerprint density at radius 1 is 1.37 bits per heavy atom. The Morgan fingerprint density at radius 2 is 2.21 bits per heavy atom. The average Bonchev–Trinajstić information content (AvgIpc) is 2.39. The van der Waals surface area contributed by atoms with Gasteiger partial charge in [0.2, 0.25) is 0 Å². The summed E-state index contributed by atoms with van der Waals surface area (Å²) >= 11 is 0. The second-order valence-corrected chi connectivity index (χ2v) is 4.66. The van der Waals surface area contributed by atoms with Crippen LogP contribution in [0.5, 0.6) is 0 Å². The fourth-order valence-corrected chi connectivity index (χ4v) is 2.15. The first-order valence-corrected chi connectivity index (χ1v) is 6.51. The van der Waals surface area contributed by atoms with Crippen LogP contribution >= 0.6 is 0 Å². The molecule has 1 fully saturated rings. The van der Waals surface area contributed by atoms with E-state index in [4.69, 9.17) is 4.74 Å². The van der Waals surface area contributed by atoms with E-state index in [9.17, 15) is 13.6 Å². The molecule has 0 aromatic heterocycles. The third-order valence-corrected chi connectivity index (χ3v) is 3.20. The van der Waals surface area contributed by atoms with Gasteiger partial charge in [-0.05, 0) is 37.8 Å². The van der Waals surface area contributed by atoms with Crippen LogP contribution in [-0.2, 0) is 4.74 Å². The van der Waals surface area contributed by atoms with Crippen molar-refractivity contribution in [1.82, 2.24) is 5.32 Å². The van der Waals surface area contributed by atoms with Gasteiger partial charge >= 0.3 is 0 Å². The predicted molar refractivity (Wildman–Crippen MR) is 66.9 cm³/mol. The molecule has 5 heteroatoms. The molecule has 0 aliphatic carbocycles. The van der Waals surface area contributed by atoms with Gasteiger partial charge in [0.05, 0.1) is 11.7 Å². The van der Waals surface area contributed by atoms with Gasteiger partial charge in [0.1, 0.15) is 11.6 Å². The lowest BCUT2D eigenvalue weighted by molar-refractivity contribution is 0.0117. The van der Waals surface area contributed by atoms with Gasteiger partial charge in [-0.3, -0.25) is 4.79 Å². The fraction of sp³-hybridized carbons (Fsp3) is 0.500. The van der Waals surface area contributed by atoms with Crippen LogP contribution in [0.3, 0.4) is 0 Å². The van der Waals surface area contributed by atoms with Gasteiger partial charge in [-0.15, -0.1) is 0 Å². The minimum Gasteiger partial charge on any atom is -0.378 e. The summed E-state index contributed by atoms with van der Waals surface area (Å²) in [5.41, 5.74) is -0.133. The lowest BCUT2D eigenvalue weighted by Crippen LogP contribution is -2.30. The number of carbonyl (C=O) groups excluding carboxylic acids is 1. The topological polar surface area (TPSA) is 38.3 Å². The summed E-state index contributed by atoms with van der Waals surface area (Å²) in [5.74, 6) is -2.05. The van der Waals surface area contributed by atoms with Crippen molar-refractivity contribution in [2.75, 3.05) is 13.2 Å². The Kier molecular flexibility index (Phi) is 4.85. The molecule has 0 bridgehead atoms.